The van der Waals surface area contributed by atoms with Gasteiger partial charge in [0, 0.05) is 34.7 Å². The van der Waals surface area contributed by atoms with E-state index in [2.05, 4.69) is 19.7 Å². The predicted octanol–water partition coefficient (Wildman–Crippen LogP) is 1.34. The van der Waals surface area contributed by atoms with Gasteiger partial charge in [-0.15, -0.1) is 0 Å². The molecule has 0 aromatic rings. The summed E-state index contributed by atoms with van der Waals surface area (Å²) in [6, 6.07) is 0. The van der Waals surface area contributed by atoms with Crippen LogP contribution in [0.3, 0.4) is 0 Å². The lowest BCUT2D eigenvalue weighted by molar-refractivity contribution is 0.292. The molecule has 4 heteroatoms. The number of guanidine groups is 1. The first-order valence-corrected chi connectivity index (χ1v) is 6.72. The SMILES string of the molecule is CN(C)C(=NCCN1CCCCCC1)N(C)C. The lowest BCUT2D eigenvalue weighted by atomic mass is 10.2. The minimum absolute atomic E-state index is 0.908. The zero-order chi connectivity index (χ0) is 12.7. The lowest BCUT2D eigenvalue weighted by Crippen LogP contribution is -2.36. The lowest BCUT2D eigenvalue weighted by Gasteiger charge is -2.24. The van der Waals surface area contributed by atoms with Crippen molar-refractivity contribution in [2.24, 2.45) is 4.99 Å². The van der Waals surface area contributed by atoms with Crippen LogP contribution in [-0.2, 0) is 0 Å². The maximum Gasteiger partial charge on any atom is 0.195 e. The highest BCUT2D eigenvalue weighted by Gasteiger charge is 2.09. The van der Waals surface area contributed by atoms with Crippen LogP contribution in [-0.4, -0.2) is 75.0 Å². The van der Waals surface area contributed by atoms with Gasteiger partial charge >= 0.3 is 0 Å². The maximum atomic E-state index is 4.67. The van der Waals surface area contributed by atoms with Crippen LogP contribution >= 0.6 is 0 Å². The Balaban J connectivity index is 2.35. The summed E-state index contributed by atoms with van der Waals surface area (Å²) in [5, 5.41) is 0. The van der Waals surface area contributed by atoms with Crippen molar-refractivity contribution < 1.29 is 0 Å². The summed E-state index contributed by atoms with van der Waals surface area (Å²) in [6.45, 7) is 4.53. The van der Waals surface area contributed by atoms with Gasteiger partial charge in [-0.05, 0) is 25.9 Å². The third-order valence-corrected chi connectivity index (χ3v) is 3.17. The molecule has 1 heterocycles. The highest BCUT2D eigenvalue weighted by molar-refractivity contribution is 5.79. The Labute approximate surface area is 106 Å². The van der Waals surface area contributed by atoms with Crippen molar-refractivity contribution in [1.29, 1.82) is 0 Å². The van der Waals surface area contributed by atoms with Crippen molar-refractivity contribution >= 4 is 5.96 Å². The largest absolute Gasteiger partial charge is 0.349 e. The van der Waals surface area contributed by atoms with E-state index in [1.165, 1.54) is 38.8 Å². The number of hydrogen-bond donors (Lipinski definition) is 0. The van der Waals surface area contributed by atoms with Gasteiger partial charge in [-0.25, -0.2) is 0 Å². The third-order valence-electron chi connectivity index (χ3n) is 3.17. The number of likely N-dealkylation sites (tertiary alicyclic amines) is 1. The Bertz CT molecular complexity index is 218. The molecule has 0 atom stereocenters. The molecule has 1 saturated heterocycles. The van der Waals surface area contributed by atoms with Gasteiger partial charge in [0.1, 0.15) is 0 Å². The monoisotopic (exact) mass is 240 g/mol. The molecule has 0 aromatic heterocycles. The minimum atomic E-state index is 0.908. The second-order valence-corrected chi connectivity index (χ2v) is 5.23. The Morgan fingerprint density at radius 1 is 0.941 bits per heavy atom. The van der Waals surface area contributed by atoms with Gasteiger partial charge in [0.15, 0.2) is 5.96 Å². The van der Waals surface area contributed by atoms with Crippen molar-refractivity contribution in [3.63, 3.8) is 0 Å². The Kier molecular flexibility index (Phi) is 6.34. The van der Waals surface area contributed by atoms with Crippen LogP contribution in [0.4, 0.5) is 0 Å². The van der Waals surface area contributed by atoms with Gasteiger partial charge in [-0.3, -0.25) is 4.99 Å². The first kappa shape index (κ1) is 14.3. The summed E-state index contributed by atoms with van der Waals surface area (Å²) in [6.07, 6.45) is 5.52. The van der Waals surface area contributed by atoms with Gasteiger partial charge in [0.25, 0.3) is 0 Å². The van der Waals surface area contributed by atoms with Gasteiger partial charge in [0.05, 0.1) is 6.54 Å². The zero-order valence-corrected chi connectivity index (χ0v) is 11.9. The van der Waals surface area contributed by atoms with Crippen molar-refractivity contribution in [3.05, 3.63) is 0 Å². The molecule has 1 aliphatic heterocycles. The second kappa shape index (κ2) is 7.54. The molecule has 4 nitrogen and oxygen atoms in total. The van der Waals surface area contributed by atoms with E-state index in [4.69, 9.17) is 0 Å². The summed E-state index contributed by atoms with van der Waals surface area (Å²) in [5.41, 5.74) is 0. The van der Waals surface area contributed by atoms with Crippen molar-refractivity contribution in [2.75, 3.05) is 54.4 Å². The third kappa shape index (κ3) is 5.39. The van der Waals surface area contributed by atoms with Crippen molar-refractivity contribution in [1.82, 2.24) is 14.7 Å². The van der Waals surface area contributed by atoms with Crippen molar-refractivity contribution in [3.8, 4) is 0 Å². The van der Waals surface area contributed by atoms with Crippen LogP contribution in [0.1, 0.15) is 25.7 Å². The molecule has 1 aliphatic rings. The summed E-state index contributed by atoms with van der Waals surface area (Å²) in [5.74, 6) is 1.06. The number of rotatable bonds is 3. The minimum Gasteiger partial charge on any atom is -0.349 e. The topological polar surface area (TPSA) is 22.1 Å². The van der Waals surface area contributed by atoms with E-state index >= 15 is 0 Å². The molecule has 0 bridgehead atoms. The smallest absolute Gasteiger partial charge is 0.195 e. The van der Waals surface area contributed by atoms with Crippen LogP contribution < -0.4 is 0 Å². The van der Waals surface area contributed by atoms with Crippen molar-refractivity contribution in [2.45, 2.75) is 25.7 Å². The number of aliphatic imine (C=N–C) groups is 1. The molecule has 0 spiro atoms. The van der Waals surface area contributed by atoms with Crippen LogP contribution in [0.25, 0.3) is 0 Å². The molecule has 0 aliphatic carbocycles. The highest BCUT2D eigenvalue weighted by atomic mass is 15.3. The molecule has 0 saturated carbocycles. The van der Waals surface area contributed by atoms with Gasteiger partial charge in [0.2, 0.25) is 0 Å². The van der Waals surface area contributed by atoms with Crippen LogP contribution in [0, 0.1) is 0 Å². The number of hydrogen-bond acceptors (Lipinski definition) is 2. The molecule has 0 aromatic carbocycles. The normalized spacial score (nSPS) is 17.4. The molecule has 1 rings (SSSR count). The molecular weight excluding hydrogens is 212 g/mol. The molecule has 0 amide bonds. The summed E-state index contributed by atoms with van der Waals surface area (Å²) in [7, 11) is 8.19. The second-order valence-electron chi connectivity index (χ2n) is 5.23. The molecule has 17 heavy (non-hydrogen) atoms. The Hall–Kier alpha value is -0.770. The van der Waals surface area contributed by atoms with Gasteiger partial charge in [-0.2, -0.15) is 0 Å². The van der Waals surface area contributed by atoms with E-state index in [9.17, 15) is 0 Å². The molecule has 0 unspecified atom stereocenters. The van der Waals surface area contributed by atoms with Crippen LogP contribution in [0.2, 0.25) is 0 Å². The van der Waals surface area contributed by atoms with E-state index < -0.39 is 0 Å². The zero-order valence-electron chi connectivity index (χ0n) is 11.9. The highest BCUT2D eigenvalue weighted by Crippen LogP contribution is 2.08. The van der Waals surface area contributed by atoms with E-state index in [-0.39, 0.29) is 0 Å². The molecule has 0 radical (unpaired) electrons. The molecule has 0 N–H and O–H groups in total. The standard InChI is InChI=1S/C13H28N4/c1-15(2)13(16(3)4)14-9-12-17-10-7-5-6-8-11-17/h5-12H2,1-4H3. The average Bonchev–Trinajstić information content (AvgIpc) is 2.51. The van der Waals surface area contributed by atoms with Gasteiger partial charge < -0.3 is 14.7 Å². The first-order chi connectivity index (χ1) is 8.11. The average molecular weight is 240 g/mol. The fraction of sp³-hybridized carbons (Fsp3) is 0.923. The van der Waals surface area contributed by atoms with Crippen LogP contribution in [0.15, 0.2) is 4.99 Å². The number of nitrogens with zero attached hydrogens (tertiary/aromatic N) is 4. The molecule has 1 fully saturated rings. The van der Waals surface area contributed by atoms with E-state index in [0.717, 1.165) is 19.0 Å². The van der Waals surface area contributed by atoms with E-state index in [1.54, 1.807) is 0 Å². The molecule has 100 valence electrons. The molecular formula is C13H28N4. The fourth-order valence-electron chi connectivity index (χ4n) is 2.33. The maximum absolute atomic E-state index is 4.67. The Morgan fingerprint density at radius 2 is 1.47 bits per heavy atom. The summed E-state index contributed by atoms with van der Waals surface area (Å²) in [4.78, 5) is 11.4. The fourth-order valence-corrected chi connectivity index (χ4v) is 2.33. The van der Waals surface area contributed by atoms with Crippen LogP contribution in [0.5, 0.6) is 0 Å². The quantitative estimate of drug-likeness (QED) is 0.549. The van der Waals surface area contributed by atoms with E-state index in [1.807, 2.05) is 28.2 Å². The summed E-state index contributed by atoms with van der Waals surface area (Å²) >= 11 is 0. The van der Waals surface area contributed by atoms with Gasteiger partial charge in [-0.1, -0.05) is 12.8 Å². The van der Waals surface area contributed by atoms with E-state index in [0.29, 0.717) is 0 Å². The Morgan fingerprint density at radius 3 is 1.94 bits per heavy atom. The summed E-state index contributed by atoms with van der Waals surface area (Å²) < 4.78 is 0. The predicted molar refractivity (Wildman–Crippen MR) is 74.6 cm³/mol. The first-order valence-electron chi connectivity index (χ1n) is 6.72.